The van der Waals surface area contributed by atoms with Crippen LogP contribution in [0.4, 0.5) is 24.5 Å². The van der Waals surface area contributed by atoms with Gasteiger partial charge < -0.3 is 10.2 Å². The van der Waals surface area contributed by atoms with Crippen LogP contribution in [0, 0.1) is 20.8 Å². The molecule has 0 saturated carbocycles. The highest BCUT2D eigenvalue weighted by Crippen LogP contribution is 2.36. The first kappa shape index (κ1) is 23.5. The monoisotopic (exact) mass is 465 g/mol. The minimum Gasteiger partial charge on any atom is -0.376 e. The number of rotatable bonds is 4. The molecular weight excluding hydrogens is 443 g/mol. The smallest absolute Gasteiger partial charge is 0.376 e. The van der Waals surface area contributed by atoms with Gasteiger partial charge in [-0.25, -0.2) is 9.67 Å². The van der Waals surface area contributed by atoms with Crippen LogP contribution >= 0.6 is 11.3 Å². The average Bonchev–Trinajstić information content (AvgIpc) is 3.07. The molecule has 0 spiro atoms. The molecule has 0 fully saturated rings. The lowest BCUT2D eigenvalue weighted by molar-refractivity contribution is -0.137. The highest BCUT2D eigenvalue weighted by Gasteiger charge is 2.31. The van der Waals surface area contributed by atoms with Gasteiger partial charge in [-0.3, -0.25) is 9.59 Å². The molecule has 2 heterocycles. The van der Waals surface area contributed by atoms with Gasteiger partial charge in [-0.05, 0) is 44.5 Å². The number of aromatic nitrogens is 3. The van der Waals surface area contributed by atoms with E-state index in [0.717, 1.165) is 23.5 Å². The Morgan fingerprint density at radius 2 is 1.81 bits per heavy atom. The summed E-state index contributed by atoms with van der Waals surface area (Å²) in [6.45, 7) is 5.13. The first-order valence-corrected chi connectivity index (χ1v) is 10.3. The van der Waals surface area contributed by atoms with Crippen molar-refractivity contribution in [2.24, 2.45) is 7.05 Å². The van der Waals surface area contributed by atoms with Crippen molar-refractivity contribution in [2.45, 2.75) is 26.9 Å². The molecule has 0 radical (unpaired) electrons. The second-order valence-electron chi connectivity index (χ2n) is 7.53. The normalized spacial score (nSPS) is 11.5. The van der Waals surface area contributed by atoms with Gasteiger partial charge in [-0.2, -0.15) is 18.3 Å². The van der Waals surface area contributed by atoms with Gasteiger partial charge in [0.25, 0.3) is 11.5 Å². The van der Waals surface area contributed by atoms with Crippen molar-refractivity contribution in [3.05, 3.63) is 55.9 Å². The van der Waals surface area contributed by atoms with E-state index in [0.29, 0.717) is 33.2 Å². The van der Waals surface area contributed by atoms with Crippen molar-refractivity contribution < 1.29 is 18.0 Å². The Balaban J connectivity index is 2.04. The second kappa shape index (κ2) is 8.38. The molecule has 0 aliphatic rings. The van der Waals surface area contributed by atoms with Gasteiger partial charge in [0.15, 0.2) is 0 Å². The quantitative estimate of drug-likeness (QED) is 0.626. The molecule has 3 rings (SSSR count). The van der Waals surface area contributed by atoms with Gasteiger partial charge in [-0.1, -0.05) is 0 Å². The number of hydrogen-bond acceptors (Lipinski definition) is 6. The summed E-state index contributed by atoms with van der Waals surface area (Å²) in [5, 5.41) is 7.07. The fraction of sp³-hybridized carbons (Fsp3) is 0.333. The van der Waals surface area contributed by atoms with Gasteiger partial charge in [-0.15, -0.1) is 11.3 Å². The summed E-state index contributed by atoms with van der Waals surface area (Å²) in [5.74, 6) is -0.603. The number of hydrogen-bond donors (Lipinski definition) is 1. The third kappa shape index (κ3) is 4.38. The summed E-state index contributed by atoms with van der Waals surface area (Å²) in [4.78, 5) is 31.8. The van der Waals surface area contributed by atoms with Crippen LogP contribution in [0.2, 0.25) is 0 Å². The lowest BCUT2D eigenvalue weighted by Crippen LogP contribution is -2.23. The minimum atomic E-state index is -4.55. The van der Waals surface area contributed by atoms with Crippen LogP contribution in [-0.2, 0) is 13.2 Å². The van der Waals surface area contributed by atoms with Crippen molar-refractivity contribution in [1.29, 1.82) is 0 Å². The number of thiazole rings is 1. The van der Waals surface area contributed by atoms with Crippen LogP contribution in [-0.4, -0.2) is 34.8 Å². The fourth-order valence-electron chi connectivity index (χ4n) is 3.20. The fourth-order valence-corrected chi connectivity index (χ4v) is 4.25. The van der Waals surface area contributed by atoms with Crippen LogP contribution in [0.5, 0.6) is 0 Å². The molecule has 0 aliphatic heterocycles. The number of halogens is 3. The zero-order valence-corrected chi connectivity index (χ0v) is 19.2. The molecule has 1 amide bonds. The summed E-state index contributed by atoms with van der Waals surface area (Å²) >= 11 is 1.01. The van der Waals surface area contributed by atoms with E-state index in [4.69, 9.17) is 0 Å². The molecule has 0 aliphatic carbocycles. The Hall–Kier alpha value is -3.21. The largest absolute Gasteiger partial charge is 0.416 e. The molecule has 0 saturated heterocycles. The predicted octanol–water partition coefficient (Wildman–Crippen LogP) is 4.17. The molecule has 0 unspecified atom stereocenters. The number of benzene rings is 1. The molecule has 170 valence electrons. The van der Waals surface area contributed by atoms with E-state index in [9.17, 15) is 22.8 Å². The number of aryl methyl sites for hydroxylation is 3. The van der Waals surface area contributed by atoms with Crippen LogP contribution < -0.4 is 15.8 Å². The zero-order chi connectivity index (χ0) is 24.0. The number of anilines is 2. The topological polar surface area (TPSA) is 80.1 Å². The summed E-state index contributed by atoms with van der Waals surface area (Å²) in [5.41, 5.74) is 1.26. The van der Waals surface area contributed by atoms with E-state index < -0.39 is 17.6 Å². The van der Waals surface area contributed by atoms with Gasteiger partial charge >= 0.3 is 6.18 Å². The number of amides is 1. The molecule has 11 heteroatoms. The SMILES string of the molecule is Cc1nc(-c2c(C)c(C)nn(C)c2=O)sc1C(=O)Nc1cc(C(F)(F)F)ccc1N(C)C. The van der Waals surface area contributed by atoms with Crippen molar-refractivity contribution in [3.63, 3.8) is 0 Å². The van der Waals surface area contributed by atoms with E-state index >= 15 is 0 Å². The summed E-state index contributed by atoms with van der Waals surface area (Å²) in [7, 11) is 4.86. The molecular formula is C21H22F3N5O2S. The van der Waals surface area contributed by atoms with Crippen molar-refractivity contribution >= 4 is 28.6 Å². The second-order valence-corrected chi connectivity index (χ2v) is 8.53. The number of carbonyl (C=O) groups is 1. The molecule has 1 aromatic carbocycles. The van der Waals surface area contributed by atoms with Gasteiger partial charge in [0.2, 0.25) is 0 Å². The Bertz CT molecular complexity index is 1260. The van der Waals surface area contributed by atoms with Crippen molar-refractivity contribution in [3.8, 4) is 10.6 Å². The third-order valence-electron chi connectivity index (χ3n) is 5.00. The molecule has 2 aromatic heterocycles. The van der Waals surface area contributed by atoms with Gasteiger partial charge in [0, 0.05) is 21.1 Å². The molecule has 1 N–H and O–H groups in total. The Kier molecular flexibility index (Phi) is 6.14. The first-order chi connectivity index (χ1) is 14.8. The molecule has 32 heavy (non-hydrogen) atoms. The van der Waals surface area contributed by atoms with E-state index in [1.165, 1.54) is 17.8 Å². The number of alkyl halides is 3. The van der Waals surface area contributed by atoms with E-state index in [1.54, 1.807) is 39.8 Å². The van der Waals surface area contributed by atoms with Crippen LogP contribution in [0.3, 0.4) is 0 Å². The third-order valence-corrected chi connectivity index (χ3v) is 6.17. The van der Waals surface area contributed by atoms with E-state index in [2.05, 4.69) is 15.4 Å². The van der Waals surface area contributed by atoms with Crippen molar-refractivity contribution in [1.82, 2.24) is 14.8 Å². The Morgan fingerprint density at radius 1 is 1.16 bits per heavy atom. The van der Waals surface area contributed by atoms with E-state index in [-0.39, 0.29) is 16.1 Å². The van der Waals surface area contributed by atoms with Crippen molar-refractivity contribution in [2.75, 3.05) is 24.3 Å². The number of carbonyl (C=O) groups excluding carboxylic acids is 1. The highest BCUT2D eigenvalue weighted by molar-refractivity contribution is 7.17. The molecule has 7 nitrogen and oxygen atoms in total. The standard InChI is InChI=1S/C21H22F3N5O2S/c1-10-11(2)27-29(6)20(31)16(10)19-25-12(3)17(32-19)18(30)26-14-9-13(21(22,23)24)7-8-15(14)28(4)5/h7-9H,1-6H3,(H,26,30). The Labute approximate surface area is 186 Å². The molecule has 0 atom stereocenters. The maximum Gasteiger partial charge on any atom is 0.416 e. The first-order valence-electron chi connectivity index (χ1n) is 9.53. The van der Waals surface area contributed by atoms with Crippen LogP contribution in [0.1, 0.15) is 32.2 Å². The summed E-state index contributed by atoms with van der Waals surface area (Å²) in [6, 6.07) is 3.16. The average molecular weight is 466 g/mol. The maximum atomic E-state index is 13.2. The van der Waals surface area contributed by atoms with Crippen LogP contribution in [0.25, 0.3) is 10.6 Å². The highest BCUT2D eigenvalue weighted by atomic mass is 32.1. The van der Waals surface area contributed by atoms with E-state index in [1.807, 2.05) is 0 Å². The Morgan fingerprint density at radius 3 is 2.41 bits per heavy atom. The lowest BCUT2D eigenvalue weighted by Gasteiger charge is -2.19. The lowest BCUT2D eigenvalue weighted by atomic mass is 10.1. The van der Waals surface area contributed by atoms with Gasteiger partial charge in [0.1, 0.15) is 9.88 Å². The summed E-state index contributed by atoms with van der Waals surface area (Å²) < 4.78 is 40.8. The maximum absolute atomic E-state index is 13.2. The summed E-state index contributed by atoms with van der Waals surface area (Å²) in [6.07, 6.45) is -4.55. The minimum absolute atomic E-state index is 0.0241. The molecule has 0 bridgehead atoms. The number of nitrogens with zero attached hydrogens (tertiary/aromatic N) is 4. The van der Waals surface area contributed by atoms with Gasteiger partial charge in [0.05, 0.1) is 33.9 Å². The van der Waals surface area contributed by atoms with Crippen LogP contribution in [0.15, 0.2) is 23.0 Å². The number of nitrogens with one attached hydrogen (secondary N) is 1. The molecule has 3 aromatic rings. The zero-order valence-electron chi connectivity index (χ0n) is 18.4. The predicted molar refractivity (Wildman–Crippen MR) is 119 cm³/mol.